The van der Waals surface area contributed by atoms with Crippen molar-refractivity contribution < 1.29 is 6.11 Å². The molecule has 1 atom stereocenters. The van der Waals surface area contributed by atoms with Crippen LogP contribution in [0.15, 0.2) is 30.3 Å². The zero-order chi connectivity index (χ0) is 9.80. The Balaban J connectivity index is 2.08. The minimum atomic E-state index is 0.151. The summed E-state index contributed by atoms with van der Waals surface area (Å²) in [7, 11) is 0. The molecular weight excluding hydrogens is 162 g/mol. The highest BCUT2D eigenvalue weighted by atomic mass is 16.5. The highest BCUT2D eigenvalue weighted by Crippen LogP contribution is 2.17. The highest BCUT2D eigenvalue weighted by Gasteiger charge is 2.13. The maximum absolute atomic E-state index is 7.39. The summed E-state index contributed by atoms with van der Waals surface area (Å²) in [5.74, 6) is 0. The minimum Gasteiger partial charge on any atom is -0.372 e. The van der Waals surface area contributed by atoms with Gasteiger partial charge in [0.1, 0.15) is 0 Å². The third kappa shape index (κ3) is 2.29. The van der Waals surface area contributed by atoms with E-state index in [1.807, 2.05) is 24.3 Å². The Morgan fingerprint density at radius 3 is 3.15 bits per heavy atom. The molecule has 70 valence electrons. The molecule has 0 radical (unpaired) electrons. The van der Waals surface area contributed by atoms with Gasteiger partial charge in [0.25, 0.3) is 0 Å². The van der Waals surface area contributed by atoms with E-state index in [0.29, 0.717) is 6.04 Å². The highest BCUT2D eigenvalue weighted by molar-refractivity contribution is 5.18. The van der Waals surface area contributed by atoms with Crippen LogP contribution in [-0.2, 0) is 4.74 Å². The first-order valence-corrected chi connectivity index (χ1v) is 4.75. The molecule has 2 nitrogen and oxygen atoms in total. The number of hydrogen-bond donors (Lipinski definition) is 1. The van der Waals surface area contributed by atoms with Crippen LogP contribution in [0.3, 0.4) is 0 Å². The fraction of sp³-hybridized carbons (Fsp3) is 0.455. The van der Waals surface area contributed by atoms with E-state index in [9.17, 15) is 0 Å². The van der Waals surface area contributed by atoms with Gasteiger partial charge in [-0.15, -0.1) is 0 Å². The zero-order valence-electron chi connectivity index (χ0n) is 8.62. The van der Waals surface area contributed by atoms with E-state index < -0.39 is 0 Å². The van der Waals surface area contributed by atoms with E-state index in [0.717, 1.165) is 31.7 Å². The first-order chi connectivity index (χ1) is 6.86. The Labute approximate surface area is 80.3 Å². The average molecular weight is 178 g/mol. The number of hydrogen-bond acceptors (Lipinski definition) is 2. The smallest absolute Gasteiger partial charge is 0.0949 e. The molecule has 0 bridgehead atoms. The number of rotatable bonds is 1. The van der Waals surface area contributed by atoms with Crippen molar-refractivity contribution in [3.63, 3.8) is 0 Å². The fourth-order valence-electron chi connectivity index (χ4n) is 1.54. The fourth-order valence-corrected chi connectivity index (χ4v) is 1.54. The largest absolute Gasteiger partial charge is 0.372 e. The van der Waals surface area contributed by atoms with Crippen LogP contribution in [0.25, 0.3) is 0 Å². The molecule has 2 heteroatoms. The van der Waals surface area contributed by atoms with Crippen LogP contribution in [0.1, 0.15) is 19.5 Å². The van der Waals surface area contributed by atoms with Crippen LogP contribution >= 0.6 is 0 Å². The first-order valence-electron chi connectivity index (χ1n) is 5.25. The van der Waals surface area contributed by atoms with Crippen molar-refractivity contribution in [1.82, 2.24) is 5.32 Å². The predicted octanol–water partition coefficient (Wildman–Crippen LogP) is 1.74. The molecule has 1 aromatic carbocycles. The topological polar surface area (TPSA) is 21.3 Å². The Morgan fingerprint density at radius 2 is 2.31 bits per heavy atom. The summed E-state index contributed by atoms with van der Waals surface area (Å²) in [6, 6.07) is 8.11. The van der Waals surface area contributed by atoms with Crippen LogP contribution in [0.5, 0.6) is 0 Å². The number of ether oxygens (including phenoxy) is 1. The normalized spacial score (nSPS) is 24.9. The van der Waals surface area contributed by atoms with Crippen molar-refractivity contribution >= 4 is 0 Å². The van der Waals surface area contributed by atoms with E-state index in [4.69, 9.17) is 6.11 Å². The Bertz CT molecular complexity index is 278. The minimum absolute atomic E-state index is 0.151. The van der Waals surface area contributed by atoms with E-state index in [2.05, 4.69) is 5.32 Å². The molecule has 1 aromatic rings. The molecule has 0 aliphatic carbocycles. The van der Waals surface area contributed by atoms with Crippen LogP contribution < -0.4 is 5.32 Å². The third-order valence-electron chi connectivity index (χ3n) is 2.26. The molecule has 1 aliphatic rings. The number of nitrogens with one attached hydrogen (secondary N) is 1. The van der Waals surface area contributed by atoms with E-state index >= 15 is 0 Å². The summed E-state index contributed by atoms with van der Waals surface area (Å²) >= 11 is 0. The molecule has 1 N–H and O–H groups in total. The zero-order valence-corrected chi connectivity index (χ0v) is 7.62. The van der Waals surface area contributed by atoms with Crippen LogP contribution in [0, 0.1) is 0 Å². The summed E-state index contributed by atoms with van der Waals surface area (Å²) in [6.45, 7) is 2.73. The van der Waals surface area contributed by atoms with Crippen molar-refractivity contribution in [2.75, 3.05) is 19.7 Å². The van der Waals surface area contributed by atoms with Gasteiger partial charge in [-0.05, 0) is 18.5 Å². The SMILES string of the molecule is [2H]c1ccc([C@@H]2CNCCCO2)cc1. The van der Waals surface area contributed by atoms with Crippen molar-refractivity contribution in [3.8, 4) is 0 Å². The molecule has 0 unspecified atom stereocenters. The Morgan fingerprint density at radius 1 is 1.46 bits per heavy atom. The average Bonchev–Trinajstić information content (AvgIpc) is 2.47. The molecule has 1 fully saturated rings. The van der Waals surface area contributed by atoms with Crippen molar-refractivity contribution in [1.29, 1.82) is 0 Å². The monoisotopic (exact) mass is 178 g/mol. The summed E-state index contributed by atoms with van der Waals surface area (Å²) in [5, 5.41) is 3.34. The van der Waals surface area contributed by atoms with Crippen LogP contribution in [-0.4, -0.2) is 19.7 Å². The van der Waals surface area contributed by atoms with Gasteiger partial charge in [0, 0.05) is 13.2 Å². The van der Waals surface area contributed by atoms with Gasteiger partial charge in [0.05, 0.1) is 7.47 Å². The molecule has 0 saturated carbocycles. The van der Waals surface area contributed by atoms with Gasteiger partial charge in [-0.25, -0.2) is 0 Å². The van der Waals surface area contributed by atoms with Crippen molar-refractivity contribution in [3.05, 3.63) is 35.9 Å². The summed E-state index contributed by atoms with van der Waals surface area (Å²) in [5.41, 5.74) is 1.16. The lowest BCUT2D eigenvalue weighted by atomic mass is 10.1. The second kappa shape index (κ2) is 4.40. The molecule has 13 heavy (non-hydrogen) atoms. The molecule has 0 spiro atoms. The Kier molecular flexibility index (Phi) is 2.55. The second-order valence-electron chi connectivity index (χ2n) is 3.25. The molecule has 1 aliphatic heterocycles. The molecule has 2 rings (SSSR count). The molecule has 1 saturated heterocycles. The lowest BCUT2D eigenvalue weighted by Gasteiger charge is -2.14. The molecule has 1 heterocycles. The lowest BCUT2D eigenvalue weighted by Crippen LogP contribution is -2.19. The molecular formula is C11H15NO. The van der Waals surface area contributed by atoms with E-state index in [-0.39, 0.29) is 6.10 Å². The van der Waals surface area contributed by atoms with Gasteiger partial charge in [0.2, 0.25) is 0 Å². The molecule has 0 aromatic heterocycles. The standard InChI is InChI=1S/C11H15NO/c1-2-5-10(6-3-1)11-9-12-7-4-8-13-11/h1-3,5-6,11-12H,4,7-9H2/t11-/m0/s1/i1D. The van der Waals surface area contributed by atoms with Gasteiger partial charge in [-0.2, -0.15) is 0 Å². The lowest BCUT2D eigenvalue weighted by molar-refractivity contribution is 0.0669. The van der Waals surface area contributed by atoms with Crippen molar-refractivity contribution in [2.24, 2.45) is 0 Å². The van der Waals surface area contributed by atoms with Gasteiger partial charge < -0.3 is 10.1 Å². The van der Waals surface area contributed by atoms with Crippen LogP contribution in [0.4, 0.5) is 0 Å². The third-order valence-corrected chi connectivity index (χ3v) is 2.26. The summed E-state index contributed by atoms with van der Waals surface area (Å²) in [6.07, 6.45) is 1.23. The van der Waals surface area contributed by atoms with Crippen LogP contribution in [0.2, 0.25) is 0 Å². The van der Waals surface area contributed by atoms with E-state index in [1.165, 1.54) is 0 Å². The maximum Gasteiger partial charge on any atom is 0.0949 e. The van der Waals surface area contributed by atoms with Crippen molar-refractivity contribution in [2.45, 2.75) is 12.5 Å². The van der Waals surface area contributed by atoms with Gasteiger partial charge in [0.15, 0.2) is 0 Å². The van der Waals surface area contributed by atoms with E-state index in [1.54, 1.807) is 0 Å². The van der Waals surface area contributed by atoms with Gasteiger partial charge >= 0.3 is 0 Å². The van der Waals surface area contributed by atoms with Gasteiger partial charge in [-0.1, -0.05) is 30.3 Å². The number of benzene rings is 1. The van der Waals surface area contributed by atoms with Gasteiger partial charge in [-0.3, -0.25) is 0 Å². The Hall–Kier alpha value is -0.860. The summed E-state index contributed by atoms with van der Waals surface area (Å²) in [4.78, 5) is 0. The second-order valence-corrected chi connectivity index (χ2v) is 3.25. The molecule has 0 amide bonds. The predicted molar refractivity (Wildman–Crippen MR) is 52.6 cm³/mol. The first kappa shape index (κ1) is 7.54. The summed E-state index contributed by atoms with van der Waals surface area (Å²) < 4.78 is 13.1. The maximum atomic E-state index is 7.39. The quantitative estimate of drug-likeness (QED) is 0.707.